The van der Waals surface area contributed by atoms with E-state index in [-0.39, 0.29) is 5.41 Å². The van der Waals surface area contributed by atoms with Gasteiger partial charge in [0.05, 0.1) is 16.7 Å². The molecular weight excluding hydrogens is 506 g/mol. The predicted molar refractivity (Wildman–Crippen MR) is 173 cm³/mol. The average molecular weight is 536 g/mol. The van der Waals surface area contributed by atoms with Crippen LogP contribution in [0.3, 0.4) is 0 Å². The van der Waals surface area contributed by atoms with Crippen LogP contribution in [-0.2, 0) is 5.41 Å². The third kappa shape index (κ3) is 2.65. The van der Waals surface area contributed by atoms with Gasteiger partial charge in [0.2, 0.25) is 0 Å². The molecule has 6 aromatic carbocycles. The van der Waals surface area contributed by atoms with Gasteiger partial charge in [-0.3, -0.25) is 0 Å². The molecule has 0 amide bonds. The van der Waals surface area contributed by atoms with Crippen LogP contribution in [0.1, 0.15) is 70.2 Å². The smallest absolute Gasteiger partial charge is 0.0582 e. The summed E-state index contributed by atoms with van der Waals surface area (Å²) in [5, 5.41) is 2.67. The van der Waals surface area contributed by atoms with Crippen LogP contribution < -0.4 is 0 Å². The lowest BCUT2D eigenvalue weighted by atomic mass is 9.61. The normalized spacial score (nSPS) is 18.4. The lowest BCUT2D eigenvalue weighted by Gasteiger charge is -2.42. The van der Waals surface area contributed by atoms with Crippen molar-refractivity contribution in [1.82, 2.24) is 4.57 Å². The second-order valence-corrected chi connectivity index (χ2v) is 12.9. The highest BCUT2D eigenvalue weighted by molar-refractivity contribution is 6.12. The molecule has 11 rings (SSSR count). The fourth-order valence-corrected chi connectivity index (χ4v) is 8.69. The first kappa shape index (κ1) is 22.8. The number of fused-ring (bicyclic) bond motifs is 5. The Balaban J connectivity index is 1.20. The summed E-state index contributed by atoms with van der Waals surface area (Å²) < 4.78 is 2.50. The first-order valence-electron chi connectivity index (χ1n) is 15.1. The molecule has 3 aliphatic carbocycles. The number of rotatable bonds is 1. The van der Waals surface area contributed by atoms with Crippen molar-refractivity contribution >= 4 is 21.8 Å². The van der Waals surface area contributed by atoms with E-state index in [1.165, 1.54) is 83.1 Å². The SMILES string of the molecule is CC1(C)c2ccccc2-n2c3ccc(-c4ccc5c(c4)C4c6ccccc6C5c5ccccc54)cc3c3cccc1c32. The predicted octanol–water partition coefficient (Wildman–Crippen LogP) is 10.1. The first-order chi connectivity index (χ1) is 20.6. The molecular formula is C41H29N. The Labute approximate surface area is 245 Å². The number of hydrogen-bond acceptors (Lipinski definition) is 0. The Morgan fingerprint density at radius 2 is 1.05 bits per heavy atom. The van der Waals surface area contributed by atoms with E-state index in [4.69, 9.17) is 0 Å². The van der Waals surface area contributed by atoms with Gasteiger partial charge in [-0.15, -0.1) is 0 Å². The third-order valence-corrected chi connectivity index (χ3v) is 10.6. The van der Waals surface area contributed by atoms with E-state index in [1.54, 1.807) is 0 Å². The van der Waals surface area contributed by atoms with E-state index >= 15 is 0 Å². The van der Waals surface area contributed by atoms with Gasteiger partial charge in [0.25, 0.3) is 0 Å². The van der Waals surface area contributed by atoms with Crippen LogP contribution in [0.2, 0.25) is 0 Å². The molecule has 0 saturated heterocycles. The highest BCUT2D eigenvalue weighted by atomic mass is 15.0. The van der Waals surface area contributed by atoms with Crippen LogP contribution in [0.15, 0.2) is 127 Å². The zero-order valence-corrected chi connectivity index (χ0v) is 23.7. The molecule has 0 unspecified atom stereocenters. The molecule has 0 fully saturated rings. The number of nitrogens with zero attached hydrogens (tertiary/aromatic N) is 1. The van der Waals surface area contributed by atoms with Crippen molar-refractivity contribution in [2.45, 2.75) is 31.1 Å². The molecule has 2 bridgehead atoms. The van der Waals surface area contributed by atoms with Gasteiger partial charge in [-0.25, -0.2) is 0 Å². The van der Waals surface area contributed by atoms with Crippen molar-refractivity contribution in [1.29, 1.82) is 0 Å². The summed E-state index contributed by atoms with van der Waals surface area (Å²) in [4.78, 5) is 0. The second-order valence-electron chi connectivity index (χ2n) is 12.9. The summed E-state index contributed by atoms with van der Waals surface area (Å²) in [7, 11) is 0. The van der Waals surface area contributed by atoms with E-state index < -0.39 is 0 Å². The molecule has 0 atom stereocenters. The maximum absolute atomic E-state index is 2.50. The number of aromatic nitrogens is 1. The van der Waals surface area contributed by atoms with E-state index in [1.807, 2.05) is 0 Å². The topological polar surface area (TPSA) is 4.93 Å². The third-order valence-electron chi connectivity index (χ3n) is 10.6. The molecule has 2 heterocycles. The Morgan fingerprint density at radius 1 is 0.476 bits per heavy atom. The molecule has 0 radical (unpaired) electrons. The highest BCUT2D eigenvalue weighted by Crippen LogP contribution is 2.56. The minimum Gasteiger partial charge on any atom is -0.309 e. The molecule has 1 aliphatic heterocycles. The van der Waals surface area contributed by atoms with Gasteiger partial charge in [0, 0.05) is 28.0 Å². The molecule has 7 aromatic rings. The number of hydrogen-bond donors (Lipinski definition) is 0. The summed E-state index contributed by atoms with van der Waals surface area (Å²) >= 11 is 0. The summed E-state index contributed by atoms with van der Waals surface area (Å²) in [6.07, 6.45) is 0. The van der Waals surface area contributed by atoms with Crippen LogP contribution >= 0.6 is 0 Å². The van der Waals surface area contributed by atoms with Crippen molar-refractivity contribution in [3.8, 4) is 16.8 Å². The Bertz CT molecular complexity index is 2250. The van der Waals surface area contributed by atoms with Gasteiger partial charge in [-0.1, -0.05) is 117 Å². The fraction of sp³-hybridized carbons (Fsp3) is 0.122. The Hall–Kier alpha value is -4.88. The number of para-hydroxylation sites is 2. The van der Waals surface area contributed by atoms with Crippen molar-refractivity contribution in [3.63, 3.8) is 0 Å². The summed E-state index contributed by atoms with van der Waals surface area (Å²) in [5.74, 6) is 0.605. The van der Waals surface area contributed by atoms with Gasteiger partial charge in [0.1, 0.15) is 0 Å². The van der Waals surface area contributed by atoms with Crippen LogP contribution in [0.5, 0.6) is 0 Å². The van der Waals surface area contributed by atoms with E-state index in [0.717, 1.165) is 0 Å². The standard InChI is InChI=1S/C41H29N/c1-41(2)34-15-7-8-17-37(34)42-36-21-19-25(22-32(36)31-14-9-16-35(41)40(31)42)24-18-20-30-33(23-24)39-28-12-5-3-10-26(28)38(30)27-11-4-6-13-29(27)39/h3-23,38-39H,1-2H3. The van der Waals surface area contributed by atoms with Gasteiger partial charge < -0.3 is 4.57 Å². The monoisotopic (exact) mass is 535 g/mol. The van der Waals surface area contributed by atoms with Crippen molar-refractivity contribution in [2.24, 2.45) is 0 Å². The van der Waals surface area contributed by atoms with Crippen LogP contribution in [0.25, 0.3) is 38.6 Å². The minimum atomic E-state index is -0.0479. The second kappa shape index (κ2) is 7.69. The van der Waals surface area contributed by atoms with Gasteiger partial charge in [-0.05, 0) is 79.9 Å². The van der Waals surface area contributed by atoms with Gasteiger partial charge in [0.15, 0.2) is 0 Å². The average Bonchev–Trinajstić information content (AvgIpc) is 3.37. The molecule has 4 aliphatic rings. The molecule has 42 heavy (non-hydrogen) atoms. The minimum absolute atomic E-state index is 0.0479. The molecule has 1 aromatic heterocycles. The maximum Gasteiger partial charge on any atom is 0.0582 e. The molecule has 0 saturated carbocycles. The van der Waals surface area contributed by atoms with E-state index in [2.05, 4.69) is 146 Å². The van der Waals surface area contributed by atoms with Crippen molar-refractivity contribution in [2.75, 3.05) is 0 Å². The fourth-order valence-electron chi connectivity index (χ4n) is 8.69. The molecule has 0 N–H and O–H groups in total. The summed E-state index contributed by atoms with van der Waals surface area (Å²) in [6.45, 7) is 4.73. The molecule has 198 valence electrons. The largest absolute Gasteiger partial charge is 0.309 e. The zero-order chi connectivity index (χ0) is 27.7. The zero-order valence-electron chi connectivity index (χ0n) is 23.7. The molecule has 1 heteroatoms. The maximum atomic E-state index is 2.50. The first-order valence-corrected chi connectivity index (χ1v) is 15.1. The quantitative estimate of drug-likeness (QED) is 0.197. The van der Waals surface area contributed by atoms with Crippen molar-refractivity contribution in [3.05, 3.63) is 172 Å². The summed E-state index contributed by atoms with van der Waals surface area (Å²) in [6, 6.07) is 48.3. The Morgan fingerprint density at radius 3 is 1.79 bits per heavy atom. The van der Waals surface area contributed by atoms with Crippen LogP contribution in [-0.4, -0.2) is 4.57 Å². The highest BCUT2D eigenvalue weighted by Gasteiger charge is 2.41. The molecule has 0 spiro atoms. The summed E-state index contributed by atoms with van der Waals surface area (Å²) in [5.41, 5.74) is 18.1. The molecule has 1 nitrogen and oxygen atoms in total. The van der Waals surface area contributed by atoms with Crippen LogP contribution in [0.4, 0.5) is 0 Å². The van der Waals surface area contributed by atoms with Gasteiger partial charge >= 0.3 is 0 Å². The van der Waals surface area contributed by atoms with E-state index in [9.17, 15) is 0 Å². The Kier molecular flexibility index (Phi) is 4.17. The van der Waals surface area contributed by atoms with Crippen molar-refractivity contribution < 1.29 is 0 Å². The van der Waals surface area contributed by atoms with Gasteiger partial charge in [-0.2, -0.15) is 0 Å². The van der Waals surface area contributed by atoms with Crippen LogP contribution in [0, 0.1) is 0 Å². The number of benzene rings is 6. The van der Waals surface area contributed by atoms with E-state index in [0.29, 0.717) is 11.8 Å². The lowest BCUT2D eigenvalue weighted by Crippen LogP contribution is -2.27. The lowest BCUT2D eigenvalue weighted by molar-refractivity contribution is 0.630.